The van der Waals surface area contributed by atoms with Crippen LogP contribution in [0, 0.1) is 6.92 Å². The molecule has 0 heterocycles. The molecule has 0 unspecified atom stereocenters. The molecule has 2 rings (SSSR count). The predicted octanol–water partition coefficient (Wildman–Crippen LogP) is 4.62. The molecule has 5 heteroatoms. The van der Waals surface area contributed by atoms with E-state index in [1.165, 1.54) is 0 Å². The second-order valence-electron chi connectivity index (χ2n) is 4.37. The first-order valence-corrected chi connectivity index (χ1v) is 7.52. The Morgan fingerprint density at radius 1 is 1.30 bits per heavy atom. The van der Waals surface area contributed by atoms with Crippen LogP contribution >= 0.6 is 39.7 Å². The average molecular weight is 371 g/mol. The number of ether oxygens (including phenoxy) is 1. The summed E-state index contributed by atoms with van der Waals surface area (Å²) in [5.41, 5.74) is 8.38. The van der Waals surface area contributed by atoms with Crippen molar-refractivity contribution in [3.05, 3.63) is 62.6 Å². The van der Waals surface area contributed by atoms with Crippen LogP contribution in [0.2, 0.25) is 5.02 Å². The van der Waals surface area contributed by atoms with E-state index in [1.54, 1.807) is 0 Å². The van der Waals surface area contributed by atoms with Gasteiger partial charge in [-0.05, 0) is 30.7 Å². The van der Waals surface area contributed by atoms with E-state index in [4.69, 9.17) is 34.3 Å². The number of nitrogens with two attached hydrogens (primary N) is 1. The number of thiocarbonyl (C=S) groups is 1. The maximum Gasteiger partial charge on any atom is 0.123 e. The van der Waals surface area contributed by atoms with E-state index >= 15 is 0 Å². The van der Waals surface area contributed by atoms with Crippen molar-refractivity contribution >= 4 is 44.7 Å². The molecule has 0 saturated heterocycles. The molecule has 20 heavy (non-hydrogen) atoms. The highest BCUT2D eigenvalue weighted by atomic mass is 79.9. The predicted molar refractivity (Wildman–Crippen MR) is 90.6 cm³/mol. The summed E-state index contributed by atoms with van der Waals surface area (Å²) in [5.74, 6) is 0.759. The Kier molecular flexibility index (Phi) is 5.02. The highest BCUT2D eigenvalue weighted by Gasteiger charge is 2.06. The number of hydrogen-bond acceptors (Lipinski definition) is 2. The van der Waals surface area contributed by atoms with Crippen LogP contribution in [0.25, 0.3) is 0 Å². The molecular formula is C15H13BrClNOS. The third-order valence-corrected chi connectivity index (χ3v) is 3.95. The van der Waals surface area contributed by atoms with Gasteiger partial charge in [-0.25, -0.2) is 0 Å². The molecule has 0 saturated carbocycles. The molecule has 0 aliphatic heterocycles. The van der Waals surface area contributed by atoms with Gasteiger partial charge in [0, 0.05) is 20.6 Å². The zero-order valence-electron chi connectivity index (χ0n) is 10.8. The van der Waals surface area contributed by atoms with Crippen molar-refractivity contribution in [3.8, 4) is 5.75 Å². The molecule has 0 amide bonds. The number of rotatable bonds is 4. The van der Waals surface area contributed by atoms with E-state index < -0.39 is 0 Å². The molecule has 2 N–H and O–H groups in total. The topological polar surface area (TPSA) is 35.2 Å². The van der Waals surface area contributed by atoms with Crippen LogP contribution < -0.4 is 10.5 Å². The fraction of sp³-hybridized carbons (Fsp3) is 0.133. The van der Waals surface area contributed by atoms with Gasteiger partial charge in [-0.15, -0.1) is 0 Å². The standard InChI is InChI=1S/C15H13BrClNOS/c1-9-2-3-10(15(18)20)6-14(9)19-8-11-4-5-12(16)7-13(11)17/h2-7H,8H2,1H3,(H2,18,20). The molecule has 0 fully saturated rings. The lowest BCUT2D eigenvalue weighted by Crippen LogP contribution is -2.09. The van der Waals surface area contributed by atoms with Crippen molar-refractivity contribution in [2.75, 3.05) is 0 Å². The van der Waals surface area contributed by atoms with Crippen molar-refractivity contribution in [2.24, 2.45) is 5.73 Å². The smallest absolute Gasteiger partial charge is 0.123 e. The van der Waals surface area contributed by atoms with E-state index in [0.29, 0.717) is 16.6 Å². The Bertz CT molecular complexity index is 660. The monoisotopic (exact) mass is 369 g/mol. The fourth-order valence-electron chi connectivity index (χ4n) is 1.70. The first-order valence-electron chi connectivity index (χ1n) is 5.94. The lowest BCUT2D eigenvalue weighted by atomic mass is 10.1. The minimum atomic E-state index is 0.358. The van der Waals surface area contributed by atoms with Crippen molar-refractivity contribution < 1.29 is 4.74 Å². The van der Waals surface area contributed by atoms with E-state index in [0.717, 1.165) is 26.9 Å². The SMILES string of the molecule is Cc1ccc(C(N)=S)cc1OCc1ccc(Br)cc1Cl. The van der Waals surface area contributed by atoms with Crippen molar-refractivity contribution in [2.45, 2.75) is 13.5 Å². The lowest BCUT2D eigenvalue weighted by Gasteiger charge is -2.12. The van der Waals surface area contributed by atoms with Crippen LogP contribution in [0.15, 0.2) is 40.9 Å². The summed E-state index contributed by atoms with van der Waals surface area (Å²) in [6, 6.07) is 11.4. The van der Waals surface area contributed by atoms with Crippen LogP contribution in [0.4, 0.5) is 0 Å². The van der Waals surface area contributed by atoms with Crippen LogP contribution in [0.5, 0.6) is 5.75 Å². The van der Waals surface area contributed by atoms with Gasteiger partial charge >= 0.3 is 0 Å². The summed E-state index contributed by atoms with van der Waals surface area (Å²) in [4.78, 5) is 0.358. The summed E-state index contributed by atoms with van der Waals surface area (Å²) >= 11 is 14.5. The molecule has 2 aromatic carbocycles. The van der Waals surface area contributed by atoms with Crippen LogP contribution in [-0.4, -0.2) is 4.99 Å². The molecule has 0 bridgehead atoms. The van der Waals surface area contributed by atoms with Crippen molar-refractivity contribution in [3.63, 3.8) is 0 Å². The number of halogens is 2. The van der Waals surface area contributed by atoms with Gasteiger partial charge < -0.3 is 10.5 Å². The van der Waals surface area contributed by atoms with Gasteiger partial charge in [0.05, 0.1) is 0 Å². The van der Waals surface area contributed by atoms with E-state index in [-0.39, 0.29) is 0 Å². The zero-order chi connectivity index (χ0) is 14.7. The van der Waals surface area contributed by atoms with Gasteiger partial charge in [0.25, 0.3) is 0 Å². The molecule has 2 nitrogen and oxygen atoms in total. The molecule has 0 atom stereocenters. The van der Waals surface area contributed by atoms with E-state index in [9.17, 15) is 0 Å². The minimum absolute atomic E-state index is 0.358. The first-order chi connectivity index (χ1) is 9.47. The highest BCUT2D eigenvalue weighted by Crippen LogP contribution is 2.25. The summed E-state index contributed by atoms with van der Waals surface area (Å²) in [5, 5.41) is 0.669. The Morgan fingerprint density at radius 3 is 2.70 bits per heavy atom. The second-order valence-corrected chi connectivity index (χ2v) is 6.13. The molecule has 0 aliphatic carbocycles. The Morgan fingerprint density at radius 2 is 2.05 bits per heavy atom. The molecule has 2 aromatic rings. The Hall–Kier alpha value is -1.10. The Balaban J connectivity index is 2.18. The highest BCUT2D eigenvalue weighted by molar-refractivity contribution is 9.10. The second kappa shape index (κ2) is 6.57. The average Bonchev–Trinajstić information content (AvgIpc) is 2.39. The van der Waals surface area contributed by atoms with Gasteiger partial charge in [0.1, 0.15) is 17.3 Å². The molecule has 104 valence electrons. The minimum Gasteiger partial charge on any atom is -0.489 e. The summed E-state index contributed by atoms with van der Waals surface area (Å²) < 4.78 is 6.76. The van der Waals surface area contributed by atoms with Gasteiger partial charge in [-0.2, -0.15) is 0 Å². The summed E-state index contributed by atoms with van der Waals surface area (Å²) in [6.07, 6.45) is 0. The van der Waals surface area contributed by atoms with Crippen molar-refractivity contribution in [1.82, 2.24) is 0 Å². The maximum absolute atomic E-state index is 6.17. The first kappa shape index (κ1) is 15.3. The number of hydrogen-bond donors (Lipinski definition) is 1. The molecule has 0 spiro atoms. The van der Waals surface area contributed by atoms with Gasteiger partial charge in [-0.1, -0.05) is 57.9 Å². The number of aryl methyl sites for hydroxylation is 1. The molecular weight excluding hydrogens is 358 g/mol. The molecule has 0 radical (unpaired) electrons. The quantitative estimate of drug-likeness (QED) is 0.797. The largest absolute Gasteiger partial charge is 0.489 e. The van der Waals surface area contributed by atoms with Gasteiger partial charge in [0.2, 0.25) is 0 Å². The molecule has 0 aromatic heterocycles. The van der Waals surface area contributed by atoms with Crippen molar-refractivity contribution in [1.29, 1.82) is 0 Å². The normalized spacial score (nSPS) is 10.3. The third kappa shape index (κ3) is 3.72. The summed E-state index contributed by atoms with van der Waals surface area (Å²) in [7, 11) is 0. The maximum atomic E-state index is 6.17. The zero-order valence-corrected chi connectivity index (χ0v) is 14.0. The van der Waals surface area contributed by atoms with Gasteiger partial charge in [0.15, 0.2) is 0 Å². The number of benzene rings is 2. The van der Waals surface area contributed by atoms with Gasteiger partial charge in [-0.3, -0.25) is 0 Å². The fourth-order valence-corrected chi connectivity index (χ4v) is 2.56. The van der Waals surface area contributed by atoms with E-state index in [2.05, 4.69) is 15.9 Å². The van der Waals surface area contributed by atoms with Crippen LogP contribution in [-0.2, 0) is 6.61 Å². The van der Waals surface area contributed by atoms with Crippen LogP contribution in [0.3, 0.4) is 0 Å². The summed E-state index contributed by atoms with van der Waals surface area (Å²) in [6.45, 7) is 2.37. The Labute approximate surface area is 137 Å². The third-order valence-electron chi connectivity index (χ3n) is 2.87. The van der Waals surface area contributed by atoms with E-state index in [1.807, 2.05) is 43.3 Å². The van der Waals surface area contributed by atoms with Crippen LogP contribution in [0.1, 0.15) is 16.7 Å². The molecule has 0 aliphatic rings. The lowest BCUT2D eigenvalue weighted by molar-refractivity contribution is 0.304.